The molecule has 2 aromatic carbocycles. The fraction of sp³-hybridized carbons (Fsp3) is 0.350. The number of hydrogen-bond acceptors (Lipinski definition) is 3. The largest absolute Gasteiger partial charge is 0.489 e. The summed E-state index contributed by atoms with van der Waals surface area (Å²) in [6.45, 7) is 3.46. The van der Waals surface area contributed by atoms with E-state index in [1.807, 2.05) is 59.5 Å². The SMILES string of the molecule is CC(O)C1CCN(C(=O)c2ccccc2COc2ccccc2)C1. The second-order valence-electron chi connectivity index (χ2n) is 6.30. The molecule has 1 aliphatic rings. The van der Waals surface area contributed by atoms with Gasteiger partial charge in [0.05, 0.1) is 6.10 Å². The molecule has 1 saturated heterocycles. The molecule has 1 fully saturated rings. The van der Waals surface area contributed by atoms with Crippen LogP contribution in [0.5, 0.6) is 5.75 Å². The topological polar surface area (TPSA) is 49.8 Å². The van der Waals surface area contributed by atoms with Crippen molar-refractivity contribution in [1.29, 1.82) is 0 Å². The molecule has 1 aliphatic heterocycles. The number of ether oxygens (including phenoxy) is 1. The van der Waals surface area contributed by atoms with Crippen LogP contribution in [0.25, 0.3) is 0 Å². The van der Waals surface area contributed by atoms with Gasteiger partial charge >= 0.3 is 0 Å². The van der Waals surface area contributed by atoms with Crippen LogP contribution in [0.15, 0.2) is 54.6 Å². The molecule has 1 amide bonds. The minimum absolute atomic E-state index is 0.0189. The van der Waals surface area contributed by atoms with Crippen LogP contribution in [0, 0.1) is 5.92 Å². The van der Waals surface area contributed by atoms with Crippen molar-refractivity contribution in [2.75, 3.05) is 13.1 Å². The number of carbonyl (C=O) groups is 1. The molecule has 0 aliphatic carbocycles. The number of benzene rings is 2. The normalized spacial score (nSPS) is 18.4. The van der Waals surface area contributed by atoms with E-state index >= 15 is 0 Å². The summed E-state index contributed by atoms with van der Waals surface area (Å²) in [6.07, 6.45) is 0.478. The predicted octanol–water partition coefficient (Wildman–Crippen LogP) is 3.11. The number of aliphatic hydroxyl groups excluding tert-OH is 1. The van der Waals surface area contributed by atoms with E-state index in [-0.39, 0.29) is 17.9 Å². The monoisotopic (exact) mass is 325 g/mol. The summed E-state index contributed by atoms with van der Waals surface area (Å²) in [5, 5.41) is 9.73. The molecule has 2 unspecified atom stereocenters. The van der Waals surface area contributed by atoms with Crippen molar-refractivity contribution in [3.05, 3.63) is 65.7 Å². The molecule has 1 N–H and O–H groups in total. The summed E-state index contributed by atoms with van der Waals surface area (Å²) in [6, 6.07) is 17.2. The van der Waals surface area contributed by atoms with E-state index in [0.29, 0.717) is 25.3 Å². The molecule has 4 heteroatoms. The maximum Gasteiger partial charge on any atom is 0.254 e. The number of carbonyl (C=O) groups excluding carboxylic acids is 1. The van der Waals surface area contributed by atoms with Gasteiger partial charge in [-0.25, -0.2) is 0 Å². The molecule has 4 nitrogen and oxygen atoms in total. The molecule has 0 radical (unpaired) electrons. The average Bonchev–Trinajstić information content (AvgIpc) is 3.11. The summed E-state index contributed by atoms with van der Waals surface area (Å²) in [5.74, 6) is 0.974. The highest BCUT2D eigenvalue weighted by atomic mass is 16.5. The van der Waals surface area contributed by atoms with Crippen LogP contribution in [0.1, 0.15) is 29.3 Å². The first-order valence-corrected chi connectivity index (χ1v) is 8.38. The third-order valence-electron chi connectivity index (χ3n) is 4.58. The van der Waals surface area contributed by atoms with E-state index < -0.39 is 0 Å². The molecule has 0 bridgehead atoms. The lowest BCUT2D eigenvalue weighted by molar-refractivity contribution is 0.0760. The van der Waals surface area contributed by atoms with Crippen molar-refractivity contribution < 1.29 is 14.6 Å². The van der Waals surface area contributed by atoms with Gasteiger partial charge in [-0.2, -0.15) is 0 Å². The fourth-order valence-electron chi connectivity index (χ4n) is 3.07. The van der Waals surface area contributed by atoms with E-state index in [1.165, 1.54) is 0 Å². The van der Waals surface area contributed by atoms with Gasteiger partial charge < -0.3 is 14.7 Å². The minimum atomic E-state index is -0.376. The molecular weight excluding hydrogens is 302 g/mol. The van der Waals surface area contributed by atoms with Crippen molar-refractivity contribution in [3.8, 4) is 5.75 Å². The standard InChI is InChI=1S/C20H23NO3/c1-15(22)16-11-12-21(13-16)20(23)19-10-6-5-7-17(19)14-24-18-8-3-2-4-9-18/h2-10,15-16,22H,11-14H2,1H3. The first-order valence-electron chi connectivity index (χ1n) is 8.38. The number of nitrogens with zero attached hydrogens (tertiary/aromatic N) is 1. The smallest absolute Gasteiger partial charge is 0.254 e. The quantitative estimate of drug-likeness (QED) is 0.919. The molecule has 0 spiro atoms. The Morgan fingerprint density at radius 2 is 1.92 bits per heavy atom. The third-order valence-corrected chi connectivity index (χ3v) is 4.58. The Balaban J connectivity index is 1.71. The summed E-state index contributed by atoms with van der Waals surface area (Å²) in [7, 11) is 0. The van der Waals surface area contributed by atoms with Gasteiger partial charge in [-0.1, -0.05) is 36.4 Å². The lowest BCUT2D eigenvalue weighted by Crippen LogP contribution is -2.31. The minimum Gasteiger partial charge on any atom is -0.489 e. The van der Waals surface area contributed by atoms with Crippen LogP contribution in [0.3, 0.4) is 0 Å². The number of aliphatic hydroxyl groups is 1. The van der Waals surface area contributed by atoms with Crippen LogP contribution in [-0.2, 0) is 6.61 Å². The molecule has 24 heavy (non-hydrogen) atoms. The predicted molar refractivity (Wildman–Crippen MR) is 92.9 cm³/mol. The van der Waals surface area contributed by atoms with E-state index in [1.54, 1.807) is 6.92 Å². The maximum absolute atomic E-state index is 12.8. The van der Waals surface area contributed by atoms with E-state index in [0.717, 1.165) is 17.7 Å². The first-order chi connectivity index (χ1) is 11.6. The summed E-state index contributed by atoms with van der Waals surface area (Å²) >= 11 is 0. The Morgan fingerprint density at radius 1 is 1.21 bits per heavy atom. The lowest BCUT2D eigenvalue weighted by Gasteiger charge is -2.19. The summed E-state index contributed by atoms with van der Waals surface area (Å²) in [5.41, 5.74) is 1.56. The van der Waals surface area contributed by atoms with Crippen LogP contribution >= 0.6 is 0 Å². The fourth-order valence-corrected chi connectivity index (χ4v) is 3.07. The summed E-state index contributed by atoms with van der Waals surface area (Å²) in [4.78, 5) is 14.7. The third kappa shape index (κ3) is 3.77. The first kappa shape index (κ1) is 16.5. The van der Waals surface area contributed by atoms with Gasteiger partial charge in [0.15, 0.2) is 0 Å². The molecule has 3 rings (SSSR count). The molecule has 0 aromatic heterocycles. The van der Waals surface area contributed by atoms with Crippen LogP contribution < -0.4 is 4.74 Å². The highest BCUT2D eigenvalue weighted by molar-refractivity contribution is 5.95. The number of amides is 1. The Kier molecular flexibility index (Phi) is 5.16. The van der Waals surface area contributed by atoms with Gasteiger partial charge in [0.1, 0.15) is 12.4 Å². The summed E-state index contributed by atoms with van der Waals surface area (Å²) < 4.78 is 5.79. The number of hydrogen-bond donors (Lipinski definition) is 1. The zero-order valence-corrected chi connectivity index (χ0v) is 13.9. The molecule has 126 valence electrons. The Bertz CT molecular complexity index is 684. The van der Waals surface area contributed by atoms with Crippen LogP contribution in [0.4, 0.5) is 0 Å². The Morgan fingerprint density at radius 3 is 2.62 bits per heavy atom. The van der Waals surface area contributed by atoms with E-state index in [4.69, 9.17) is 4.74 Å². The molecule has 1 heterocycles. The molecule has 2 aromatic rings. The number of likely N-dealkylation sites (tertiary alicyclic amines) is 1. The van der Waals surface area contributed by atoms with E-state index in [9.17, 15) is 9.90 Å². The van der Waals surface area contributed by atoms with Gasteiger partial charge in [0, 0.05) is 30.1 Å². The van der Waals surface area contributed by atoms with E-state index in [2.05, 4.69) is 0 Å². The van der Waals surface area contributed by atoms with Gasteiger partial charge in [-0.15, -0.1) is 0 Å². The molecule has 0 saturated carbocycles. The number of para-hydroxylation sites is 1. The zero-order chi connectivity index (χ0) is 16.9. The van der Waals surface area contributed by atoms with Crippen molar-refractivity contribution in [2.24, 2.45) is 5.92 Å². The van der Waals surface area contributed by atoms with Crippen molar-refractivity contribution in [2.45, 2.75) is 26.1 Å². The highest BCUT2D eigenvalue weighted by Gasteiger charge is 2.30. The van der Waals surface area contributed by atoms with Gasteiger partial charge in [-0.3, -0.25) is 4.79 Å². The maximum atomic E-state index is 12.8. The van der Waals surface area contributed by atoms with Gasteiger partial charge in [-0.05, 0) is 31.5 Å². The zero-order valence-electron chi connectivity index (χ0n) is 13.9. The second kappa shape index (κ2) is 7.49. The highest BCUT2D eigenvalue weighted by Crippen LogP contribution is 2.23. The lowest BCUT2D eigenvalue weighted by atomic mass is 10.0. The van der Waals surface area contributed by atoms with Crippen molar-refractivity contribution >= 4 is 5.91 Å². The van der Waals surface area contributed by atoms with Crippen LogP contribution in [0.2, 0.25) is 0 Å². The molecular formula is C20H23NO3. The number of rotatable bonds is 5. The molecule has 2 atom stereocenters. The van der Waals surface area contributed by atoms with Crippen molar-refractivity contribution in [3.63, 3.8) is 0 Å². The van der Waals surface area contributed by atoms with Crippen LogP contribution in [-0.4, -0.2) is 35.1 Å². The Hall–Kier alpha value is -2.33. The van der Waals surface area contributed by atoms with Gasteiger partial charge in [0.2, 0.25) is 0 Å². The Labute approximate surface area is 142 Å². The van der Waals surface area contributed by atoms with Gasteiger partial charge in [0.25, 0.3) is 5.91 Å². The second-order valence-corrected chi connectivity index (χ2v) is 6.30. The average molecular weight is 325 g/mol. The van der Waals surface area contributed by atoms with Crippen molar-refractivity contribution in [1.82, 2.24) is 4.90 Å².